The van der Waals surface area contributed by atoms with E-state index in [1.807, 2.05) is 0 Å². The summed E-state index contributed by atoms with van der Waals surface area (Å²) in [5.74, 6) is -0.723. The van der Waals surface area contributed by atoms with Crippen LogP contribution in [0.15, 0.2) is 39.4 Å². The van der Waals surface area contributed by atoms with Gasteiger partial charge in [0.1, 0.15) is 23.8 Å². The van der Waals surface area contributed by atoms with E-state index in [0.717, 1.165) is 12.8 Å². The topological polar surface area (TPSA) is 85.3 Å². The molecule has 1 atom stereocenters. The van der Waals surface area contributed by atoms with Crippen molar-refractivity contribution < 1.29 is 21.8 Å². The van der Waals surface area contributed by atoms with Crippen LogP contribution in [0.5, 0.6) is 0 Å². The first-order valence-electron chi connectivity index (χ1n) is 8.01. The van der Waals surface area contributed by atoms with Crippen molar-refractivity contribution in [3.63, 3.8) is 0 Å². The SMILES string of the molecule is O=S(C1CC1)N(Cc1nc(-c2nnc(C(F)F)o2)co1)c1cccc(Cl)c1. The highest BCUT2D eigenvalue weighted by Gasteiger charge is 2.34. The van der Waals surface area contributed by atoms with E-state index in [-0.39, 0.29) is 29.3 Å². The molecule has 1 aliphatic rings. The average Bonchev–Trinajstić information content (AvgIpc) is 3.18. The molecule has 1 aliphatic carbocycles. The first-order valence-corrected chi connectivity index (χ1v) is 9.56. The molecule has 0 saturated heterocycles. The van der Waals surface area contributed by atoms with Crippen molar-refractivity contribution in [1.29, 1.82) is 0 Å². The van der Waals surface area contributed by atoms with E-state index in [0.29, 0.717) is 10.7 Å². The van der Waals surface area contributed by atoms with Crippen molar-refractivity contribution in [1.82, 2.24) is 15.2 Å². The van der Waals surface area contributed by atoms with Crippen molar-refractivity contribution >= 4 is 28.3 Å². The standard InChI is InChI=1S/C16H13ClF2N4O3S/c17-9-2-1-3-10(6-9)23(27(24)11-4-5-11)7-13-20-12(8-25-13)15-21-22-16(26-15)14(18)19/h1-3,6,8,11,14H,4-5,7H2. The molecule has 4 rings (SSSR count). The predicted octanol–water partition coefficient (Wildman–Crippen LogP) is 4.15. The van der Waals surface area contributed by atoms with Gasteiger partial charge >= 0.3 is 6.43 Å². The zero-order chi connectivity index (χ0) is 19.0. The number of hydrogen-bond donors (Lipinski definition) is 0. The summed E-state index contributed by atoms with van der Waals surface area (Å²) in [6.07, 6.45) is 0.142. The van der Waals surface area contributed by atoms with Gasteiger partial charge in [0, 0.05) is 5.02 Å². The Hall–Kier alpha value is -2.33. The number of aromatic nitrogens is 3. The minimum atomic E-state index is -2.86. The predicted molar refractivity (Wildman–Crippen MR) is 93.6 cm³/mol. The molecule has 1 aromatic carbocycles. The lowest BCUT2D eigenvalue weighted by Crippen LogP contribution is -2.28. The molecule has 0 bridgehead atoms. The fraction of sp³-hybridized carbons (Fsp3) is 0.312. The van der Waals surface area contributed by atoms with Crippen molar-refractivity contribution in [2.45, 2.75) is 31.1 Å². The summed E-state index contributed by atoms with van der Waals surface area (Å²) < 4.78 is 49.8. The second-order valence-electron chi connectivity index (χ2n) is 5.86. The molecule has 1 saturated carbocycles. The summed E-state index contributed by atoms with van der Waals surface area (Å²) in [5.41, 5.74) is 0.804. The Morgan fingerprint density at radius 3 is 2.81 bits per heavy atom. The van der Waals surface area contributed by atoms with E-state index in [1.54, 1.807) is 28.6 Å². The highest BCUT2D eigenvalue weighted by molar-refractivity contribution is 7.87. The second kappa shape index (κ2) is 7.35. The maximum Gasteiger partial charge on any atom is 0.314 e. The van der Waals surface area contributed by atoms with Crippen LogP contribution < -0.4 is 4.31 Å². The third kappa shape index (κ3) is 4.01. The number of rotatable bonds is 7. The first kappa shape index (κ1) is 18.1. The molecule has 2 heterocycles. The summed E-state index contributed by atoms with van der Waals surface area (Å²) in [7, 11) is -1.27. The van der Waals surface area contributed by atoms with Crippen LogP contribution in [0, 0.1) is 0 Å². The maximum absolute atomic E-state index is 12.8. The number of alkyl halides is 2. The molecule has 0 spiro atoms. The van der Waals surface area contributed by atoms with Crippen LogP contribution in [0.25, 0.3) is 11.6 Å². The molecule has 11 heteroatoms. The summed E-state index contributed by atoms with van der Waals surface area (Å²) in [6.45, 7) is 0.110. The van der Waals surface area contributed by atoms with Gasteiger partial charge in [0.05, 0.1) is 10.9 Å². The number of nitrogens with zero attached hydrogens (tertiary/aromatic N) is 4. The number of oxazole rings is 1. The van der Waals surface area contributed by atoms with Gasteiger partial charge in [-0.2, -0.15) is 8.78 Å². The van der Waals surface area contributed by atoms with Crippen molar-refractivity contribution in [2.24, 2.45) is 0 Å². The fourth-order valence-corrected chi connectivity index (χ4v) is 4.01. The molecule has 1 unspecified atom stereocenters. The molecule has 27 heavy (non-hydrogen) atoms. The lowest BCUT2D eigenvalue weighted by molar-refractivity contribution is 0.116. The molecule has 0 radical (unpaired) electrons. The van der Waals surface area contributed by atoms with Crippen LogP contribution >= 0.6 is 11.6 Å². The van der Waals surface area contributed by atoms with Crippen molar-refractivity contribution in [2.75, 3.05) is 4.31 Å². The normalized spacial score (nSPS) is 15.3. The molecule has 142 valence electrons. The zero-order valence-corrected chi connectivity index (χ0v) is 15.3. The largest absolute Gasteiger partial charge is 0.446 e. The highest BCUT2D eigenvalue weighted by Crippen LogP contribution is 2.33. The van der Waals surface area contributed by atoms with Gasteiger partial charge in [0.2, 0.25) is 5.89 Å². The minimum Gasteiger partial charge on any atom is -0.446 e. The Labute approximate surface area is 159 Å². The van der Waals surface area contributed by atoms with Gasteiger partial charge < -0.3 is 8.83 Å². The minimum absolute atomic E-state index is 0.0861. The monoisotopic (exact) mass is 414 g/mol. The van der Waals surface area contributed by atoms with Gasteiger partial charge in [-0.05, 0) is 31.0 Å². The molecule has 0 aliphatic heterocycles. The Kier molecular flexibility index (Phi) is 4.92. The molecule has 2 aromatic heterocycles. The molecule has 7 nitrogen and oxygen atoms in total. The van der Waals surface area contributed by atoms with Crippen LogP contribution in [0.4, 0.5) is 14.5 Å². The Balaban J connectivity index is 1.58. The van der Waals surface area contributed by atoms with Crippen LogP contribution in [0.3, 0.4) is 0 Å². The van der Waals surface area contributed by atoms with E-state index in [1.165, 1.54) is 6.26 Å². The molecule has 0 amide bonds. The molecule has 3 aromatic rings. The number of benzene rings is 1. The Bertz CT molecular complexity index is 976. The average molecular weight is 415 g/mol. The fourth-order valence-electron chi connectivity index (χ4n) is 2.37. The van der Waals surface area contributed by atoms with Gasteiger partial charge in [-0.25, -0.2) is 9.19 Å². The van der Waals surface area contributed by atoms with Gasteiger partial charge in [-0.3, -0.25) is 4.31 Å². The third-order valence-corrected chi connectivity index (χ3v) is 5.85. The maximum atomic E-state index is 12.8. The zero-order valence-electron chi connectivity index (χ0n) is 13.7. The van der Waals surface area contributed by atoms with Crippen LogP contribution in [0.1, 0.15) is 31.0 Å². The summed E-state index contributed by atoms with van der Waals surface area (Å²) in [6, 6.07) is 6.99. The van der Waals surface area contributed by atoms with Gasteiger partial charge in [-0.15, -0.1) is 10.2 Å². The number of anilines is 1. The smallest absolute Gasteiger partial charge is 0.314 e. The van der Waals surface area contributed by atoms with E-state index >= 15 is 0 Å². The van der Waals surface area contributed by atoms with E-state index in [4.69, 9.17) is 20.4 Å². The number of halogens is 3. The van der Waals surface area contributed by atoms with Crippen molar-refractivity contribution in [3.8, 4) is 11.6 Å². The van der Waals surface area contributed by atoms with Crippen molar-refractivity contribution in [3.05, 3.63) is 47.3 Å². The third-order valence-electron chi connectivity index (χ3n) is 3.80. The Morgan fingerprint density at radius 1 is 1.33 bits per heavy atom. The van der Waals surface area contributed by atoms with E-state index in [9.17, 15) is 13.0 Å². The lowest BCUT2D eigenvalue weighted by atomic mass is 10.3. The number of hydrogen-bond acceptors (Lipinski definition) is 6. The highest BCUT2D eigenvalue weighted by atomic mass is 35.5. The summed E-state index contributed by atoms with van der Waals surface area (Å²) in [4.78, 5) is 4.19. The molecule has 1 fully saturated rings. The first-order chi connectivity index (χ1) is 13.0. The molecular weight excluding hydrogens is 402 g/mol. The van der Waals surface area contributed by atoms with Gasteiger partial charge in [0.15, 0.2) is 5.69 Å². The van der Waals surface area contributed by atoms with Crippen LogP contribution in [0.2, 0.25) is 5.02 Å². The summed E-state index contributed by atoms with van der Waals surface area (Å²) in [5, 5.41) is 7.39. The second-order valence-corrected chi connectivity index (χ2v) is 7.96. The molecule has 0 N–H and O–H groups in total. The lowest BCUT2D eigenvalue weighted by Gasteiger charge is -2.22. The summed E-state index contributed by atoms with van der Waals surface area (Å²) >= 11 is 6.05. The van der Waals surface area contributed by atoms with Crippen LogP contribution in [-0.4, -0.2) is 24.6 Å². The van der Waals surface area contributed by atoms with Crippen LogP contribution in [-0.2, 0) is 17.5 Å². The quantitative estimate of drug-likeness (QED) is 0.577. The van der Waals surface area contributed by atoms with Gasteiger partial charge in [0.25, 0.3) is 11.8 Å². The van der Waals surface area contributed by atoms with E-state index < -0.39 is 23.3 Å². The van der Waals surface area contributed by atoms with E-state index in [2.05, 4.69) is 15.2 Å². The Morgan fingerprint density at radius 2 is 2.15 bits per heavy atom. The molecular formula is C16H13ClF2N4O3S. The van der Waals surface area contributed by atoms with Gasteiger partial charge in [-0.1, -0.05) is 17.7 Å².